The van der Waals surface area contributed by atoms with E-state index in [0.29, 0.717) is 29.3 Å². The number of benzene rings is 1. The van der Waals surface area contributed by atoms with E-state index in [1.54, 1.807) is 23.0 Å². The first-order chi connectivity index (χ1) is 12.2. The number of hydrogen-bond donors (Lipinski definition) is 0. The summed E-state index contributed by atoms with van der Waals surface area (Å²) < 4.78 is 29.4. The fourth-order valence-corrected chi connectivity index (χ4v) is 3.37. The minimum atomic E-state index is -0.444. The second-order valence-corrected chi connectivity index (χ2v) is 5.99. The van der Waals surface area contributed by atoms with Crippen LogP contribution in [0.15, 0.2) is 41.7 Å². The van der Waals surface area contributed by atoms with Gasteiger partial charge in [0.15, 0.2) is 5.65 Å². The average Bonchev–Trinajstić information content (AvgIpc) is 3.24. The van der Waals surface area contributed by atoms with Crippen LogP contribution >= 0.6 is 12.2 Å². The topological polar surface area (TPSA) is 45.8 Å². The fourth-order valence-electron chi connectivity index (χ4n) is 3.27. The molecule has 25 heavy (non-hydrogen) atoms. The highest BCUT2D eigenvalue weighted by Crippen LogP contribution is 2.37. The van der Waals surface area contributed by atoms with Gasteiger partial charge in [-0.1, -0.05) is 0 Å². The number of anilines is 1. The van der Waals surface area contributed by atoms with Crippen molar-refractivity contribution >= 4 is 34.5 Å². The first kappa shape index (κ1) is 15.8. The summed E-state index contributed by atoms with van der Waals surface area (Å²) in [6.45, 7) is 0.712. The molecule has 4 rings (SSSR count). The third-order valence-corrected chi connectivity index (χ3v) is 4.46. The molecule has 1 saturated heterocycles. The maximum atomic E-state index is 14.2. The van der Waals surface area contributed by atoms with E-state index in [9.17, 15) is 8.78 Å². The number of isothiocyanates is 1. The average molecular weight is 357 g/mol. The van der Waals surface area contributed by atoms with Crippen LogP contribution in [0.5, 0.6) is 0 Å². The Morgan fingerprint density at radius 2 is 2.16 bits per heavy atom. The van der Waals surface area contributed by atoms with Crippen molar-refractivity contribution in [1.82, 2.24) is 14.6 Å². The lowest BCUT2D eigenvalue weighted by Gasteiger charge is -2.26. The summed E-state index contributed by atoms with van der Waals surface area (Å²) >= 11 is 4.64. The molecule has 8 heteroatoms. The monoisotopic (exact) mass is 357 g/mol. The lowest BCUT2D eigenvalue weighted by atomic mass is 10.0. The molecule has 0 spiro atoms. The van der Waals surface area contributed by atoms with E-state index in [0.717, 1.165) is 18.9 Å². The van der Waals surface area contributed by atoms with Crippen LogP contribution in [0.25, 0.3) is 5.65 Å². The van der Waals surface area contributed by atoms with E-state index in [2.05, 4.69) is 32.5 Å². The van der Waals surface area contributed by atoms with Crippen molar-refractivity contribution in [2.75, 3.05) is 11.4 Å². The van der Waals surface area contributed by atoms with Gasteiger partial charge in [0.2, 0.25) is 0 Å². The first-order valence-corrected chi connectivity index (χ1v) is 8.22. The summed E-state index contributed by atoms with van der Waals surface area (Å²) in [6, 6.07) is 5.11. The summed E-state index contributed by atoms with van der Waals surface area (Å²) in [6.07, 6.45) is 4.92. The number of rotatable bonds is 3. The van der Waals surface area contributed by atoms with Gasteiger partial charge in [-0.05, 0) is 49.3 Å². The first-order valence-electron chi connectivity index (χ1n) is 7.81. The molecular formula is C17H13F2N5S. The van der Waals surface area contributed by atoms with Gasteiger partial charge >= 0.3 is 0 Å². The third kappa shape index (κ3) is 2.79. The summed E-state index contributed by atoms with van der Waals surface area (Å²) in [7, 11) is 0. The van der Waals surface area contributed by atoms with Gasteiger partial charge in [-0.2, -0.15) is 10.1 Å². The van der Waals surface area contributed by atoms with Crippen LogP contribution in [0.2, 0.25) is 0 Å². The van der Waals surface area contributed by atoms with Crippen LogP contribution in [0.4, 0.5) is 20.3 Å². The molecule has 3 heterocycles. The zero-order valence-electron chi connectivity index (χ0n) is 13.1. The number of thiocarbonyl (C=S) groups is 1. The highest BCUT2D eigenvalue weighted by molar-refractivity contribution is 7.78. The molecule has 126 valence electrons. The standard InChI is InChI=1S/C17H13F2N5S/c18-11-3-4-13(19)12(8-11)15-2-1-6-23(15)16-5-7-24-17(22-16)14(9-21-24)20-10-25/h3-5,7-9,15H,1-2,6H2. The molecule has 0 aliphatic carbocycles. The maximum Gasteiger partial charge on any atom is 0.183 e. The van der Waals surface area contributed by atoms with Gasteiger partial charge in [-0.25, -0.2) is 18.3 Å². The number of halogens is 2. The predicted octanol–water partition coefficient (Wildman–Crippen LogP) is 4.08. The lowest BCUT2D eigenvalue weighted by Crippen LogP contribution is -2.24. The van der Waals surface area contributed by atoms with E-state index < -0.39 is 11.6 Å². The molecule has 1 fully saturated rings. The van der Waals surface area contributed by atoms with Crippen molar-refractivity contribution in [3.05, 3.63) is 53.9 Å². The van der Waals surface area contributed by atoms with Crippen molar-refractivity contribution in [3.63, 3.8) is 0 Å². The number of nitrogens with zero attached hydrogens (tertiary/aromatic N) is 5. The van der Waals surface area contributed by atoms with Crippen LogP contribution in [-0.2, 0) is 0 Å². The lowest BCUT2D eigenvalue weighted by molar-refractivity contribution is 0.560. The Morgan fingerprint density at radius 1 is 1.28 bits per heavy atom. The molecule has 1 atom stereocenters. The molecule has 0 radical (unpaired) electrons. The molecule has 0 N–H and O–H groups in total. The smallest absolute Gasteiger partial charge is 0.183 e. The van der Waals surface area contributed by atoms with Crippen molar-refractivity contribution in [1.29, 1.82) is 0 Å². The number of hydrogen-bond acceptors (Lipinski definition) is 5. The number of aromatic nitrogens is 3. The number of aliphatic imine (C=N–C) groups is 1. The van der Waals surface area contributed by atoms with Crippen LogP contribution in [-0.4, -0.2) is 26.3 Å². The summed E-state index contributed by atoms with van der Waals surface area (Å²) in [5.74, 6) is -0.185. The van der Waals surface area contributed by atoms with E-state index in [1.807, 2.05) is 4.90 Å². The summed E-state index contributed by atoms with van der Waals surface area (Å²) in [5.41, 5.74) is 1.41. The third-order valence-electron chi connectivity index (χ3n) is 4.37. The van der Waals surface area contributed by atoms with E-state index in [1.165, 1.54) is 12.1 Å². The normalized spacial score (nSPS) is 17.0. The molecule has 5 nitrogen and oxygen atoms in total. The SMILES string of the molecule is Fc1ccc(F)c(C2CCCN2c2ccn3ncc(N=C=S)c3n2)c1. The molecule has 1 aliphatic rings. The molecule has 1 unspecified atom stereocenters. The Hall–Kier alpha value is -2.70. The van der Waals surface area contributed by atoms with Gasteiger partial charge in [-0.3, -0.25) is 0 Å². The molecule has 0 amide bonds. The predicted molar refractivity (Wildman–Crippen MR) is 93.4 cm³/mol. The Balaban J connectivity index is 1.77. The van der Waals surface area contributed by atoms with Gasteiger partial charge in [-0.15, -0.1) is 0 Å². The zero-order valence-corrected chi connectivity index (χ0v) is 13.9. The molecule has 2 aromatic heterocycles. The Kier molecular flexibility index (Phi) is 3.99. The second-order valence-electron chi connectivity index (χ2n) is 5.80. The maximum absolute atomic E-state index is 14.2. The summed E-state index contributed by atoms with van der Waals surface area (Å²) in [4.78, 5) is 10.5. The van der Waals surface area contributed by atoms with Gasteiger partial charge < -0.3 is 4.90 Å². The van der Waals surface area contributed by atoms with Gasteiger partial charge in [0, 0.05) is 18.3 Å². The van der Waals surface area contributed by atoms with E-state index >= 15 is 0 Å². The quantitative estimate of drug-likeness (QED) is 0.523. The van der Waals surface area contributed by atoms with Crippen LogP contribution in [0.1, 0.15) is 24.4 Å². The highest BCUT2D eigenvalue weighted by atomic mass is 32.1. The molecule has 0 bridgehead atoms. The van der Waals surface area contributed by atoms with Crippen molar-refractivity contribution in [2.45, 2.75) is 18.9 Å². The zero-order chi connectivity index (χ0) is 17.4. The van der Waals surface area contributed by atoms with Crippen molar-refractivity contribution < 1.29 is 8.78 Å². The fraction of sp³-hybridized carbons (Fsp3) is 0.235. The molecular weight excluding hydrogens is 344 g/mol. The molecule has 1 aromatic carbocycles. The largest absolute Gasteiger partial charge is 0.349 e. The van der Waals surface area contributed by atoms with Crippen molar-refractivity contribution in [2.24, 2.45) is 4.99 Å². The molecule has 0 saturated carbocycles. The van der Waals surface area contributed by atoms with Crippen LogP contribution in [0.3, 0.4) is 0 Å². The Bertz CT molecular complexity index is 996. The second kappa shape index (κ2) is 6.31. The van der Waals surface area contributed by atoms with Gasteiger partial charge in [0.05, 0.1) is 17.4 Å². The minimum absolute atomic E-state index is 0.258. The van der Waals surface area contributed by atoms with E-state index in [-0.39, 0.29) is 6.04 Å². The Morgan fingerprint density at radius 3 is 3.00 bits per heavy atom. The van der Waals surface area contributed by atoms with Gasteiger partial charge in [0.1, 0.15) is 23.1 Å². The molecule has 3 aromatic rings. The van der Waals surface area contributed by atoms with Gasteiger partial charge in [0.25, 0.3) is 0 Å². The Labute approximate surface area is 147 Å². The van der Waals surface area contributed by atoms with Crippen LogP contribution in [0, 0.1) is 11.6 Å². The minimum Gasteiger partial charge on any atom is -0.349 e. The van der Waals surface area contributed by atoms with Crippen molar-refractivity contribution in [3.8, 4) is 0 Å². The van der Waals surface area contributed by atoms with Crippen LogP contribution < -0.4 is 4.90 Å². The number of fused-ring (bicyclic) bond motifs is 1. The molecule has 1 aliphatic heterocycles. The summed E-state index contributed by atoms with van der Waals surface area (Å²) in [5, 5.41) is 6.46. The highest BCUT2D eigenvalue weighted by Gasteiger charge is 2.29. The van der Waals surface area contributed by atoms with E-state index in [4.69, 9.17) is 0 Å².